The predicted molar refractivity (Wildman–Crippen MR) is 72.3 cm³/mol. The molecule has 2 rings (SSSR count). The van der Waals surface area contributed by atoms with Gasteiger partial charge in [-0.25, -0.2) is 0 Å². The van der Waals surface area contributed by atoms with Gasteiger partial charge in [-0.3, -0.25) is 9.59 Å². The number of anilines is 1. The Kier molecular flexibility index (Phi) is 4.68. The maximum Gasteiger partial charge on any atom is 0.303 e. The molecule has 20 heavy (non-hydrogen) atoms. The molecule has 0 radical (unpaired) electrons. The SMILES string of the molecule is O=C(O)CCCCC(=O)Nc1cc2c(cc1Cl)OCO2. The Balaban J connectivity index is 1.86. The number of hydrogen-bond acceptors (Lipinski definition) is 4. The van der Waals surface area contributed by atoms with Crippen LogP contribution in [0.3, 0.4) is 0 Å². The lowest BCUT2D eigenvalue weighted by Gasteiger charge is -2.08. The van der Waals surface area contributed by atoms with Crippen LogP contribution in [-0.2, 0) is 9.59 Å². The molecule has 1 aromatic carbocycles. The number of carboxylic acids is 1. The Morgan fingerprint density at radius 2 is 1.85 bits per heavy atom. The summed E-state index contributed by atoms with van der Waals surface area (Å²) in [5, 5.41) is 11.5. The summed E-state index contributed by atoms with van der Waals surface area (Å²) in [5.74, 6) is 0.0189. The van der Waals surface area contributed by atoms with E-state index in [9.17, 15) is 9.59 Å². The predicted octanol–water partition coefficient (Wildman–Crippen LogP) is 2.65. The zero-order valence-corrected chi connectivity index (χ0v) is 11.4. The van der Waals surface area contributed by atoms with Gasteiger partial charge in [-0.05, 0) is 12.8 Å². The molecule has 2 N–H and O–H groups in total. The van der Waals surface area contributed by atoms with Gasteiger partial charge in [0.1, 0.15) is 0 Å². The summed E-state index contributed by atoms with van der Waals surface area (Å²) in [6.07, 6.45) is 1.30. The maximum atomic E-state index is 11.7. The quantitative estimate of drug-likeness (QED) is 0.789. The Labute approximate surface area is 120 Å². The van der Waals surface area contributed by atoms with Crippen LogP contribution in [0, 0.1) is 0 Å². The summed E-state index contributed by atoms with van der Waals surface area (Å²) >= 11 is 6.03. The first-order valence-electron chi connectivity index (χ1n) is 6.17. The molecule has 1 aliphatic heterocycles. The number of ether oxygens (including phenoxy) is 2. The lowest BCUT2D eigenvalue weighted by molar-refractivity contribution is -0.137. The molecule has 0 atom stereocenters. The van der Waals surface area contributed by atoms with Crippen LogP contribution in [0.5, 0.6) is 11.5 Å². The van der Waals surface area contributed by atoms with Gasteiger partial charge in [0.2, 0.25) is 12.7 Å². The summed E-state index contributed by atoms with van der Waals surface area (Å²) in [6.45, 7) is 0.137. The van der Waals surface area contributed by atoms with Gasteiger partial charge < -0.3 is 19.9 Å². The summed E-state index contributed by atoms with van der Waals surface area (Å²) in [6, 6.07) is 3.20. The van der Waals surface area contributed by atoms with E-state index in [1.807, 2.05) is 0 Å². The fourth-order valence-corrected chi connectivity index (χ4v) is 1.99. The van der Waals surface area contributed by atoms with E-state index in [4.69, 9.17) is 26.2 Å². The van der Waals surface area contributed by atoms with Crippen molar-refractivity contribution in [2.45, 2.75) is 25.7 Å². The Hall–Kier alpha value is -1.95. The van der Waals surface area contributed by atoms with Crippen molar-refractivity contribution in [3.8, 4) is 11.5 Å². The average molecular weight is 300 g/mol. The second-order valence-corrected chi connectivity index (χ2v) is 4.74. The number of carbonyl (C=O) groups excluding carboxylic acids is 1. The normalized spacial score (nSPS) is 12.2. The molecule has 6 nitrogen and oxygen atoms in total. The summed E-state index contributed by atoms with van der Waals surface area (Å²) in [5.41, 5.74) is 0.458. The second kappa shape index (κ2) is 6.47. The van der Waals surface area contributed by atoms with Gasteiger partial charge in [-0.1, -0.05) is 11.6 Å². The van der Waals surface area contributed by atoms with E-state index in [1.54, 1.807) is 12.1 Å². The molecule has 0 bridgehead atoms. The molecule has 1 aromatic rings. The van der Waals surface area contributed by atoms with Crippen molar-refractivity contribution in [2.75, 3.05) is 12.1 Å². The number of benzene rings is 1. The van der Waals surface area contributed by atoms with E-state index in [2.05, 4.69) is 5.32 Å². The number of halogens is 1. The Morgan fingerprint density at radius 3 is 2.55 bits per heavy atom. The fraction of sp³-hybridized carbons (Fsp3) is 0.385. The van der Waals surface area contributed by atoms with E-state index in [-0.39, 0.29) is 25.5 Å². The molecule has 0 spiro atoms. The van der Waals surface area contributed by atoms with Crippen molar-refractivity contribution in [2.24, 2.45) is 0 Å². The van der Waals surface area contributed by atoms with Crippen LogP contribution < -0.4 is 14.8 Å². The second-order valence-electron chi connectivity index (χ2n) is 4.33. The first-order valence-corrected chi connectivity index (χ1v) is 6.55. The largest absolute Gasteiger partial charge is 0.481 e. The van der Waals surface area contributed by atoms with E-state index >= 15 is 0 Å². The molecule has 0 fully saturated rings. The Morgan fingerprint density at radius 1 is 1.20 bits per heavy atom. The highest BCUT2D eigenvalue weighted by Gasteiger charge is 2.17. The molecule has 108 valence electrons. The van der Waals surface area contributed by atoms with Crippen LogP contribution in [0.25, 0.3) is 0 Å². The van der Waals surface area contributed by atoms with Gasteiger partial charge in [0.25, 0.3) is 0 Å². The van der Waals surface area contributed by atoms with Crippen LogP contribution in [0.1, 0.15) is 25.7 Å². The number of rotatable bonds is 6. The third kappa shape index (κ3) is 3.77. The number of carbonyl (C=O) groups is 2. The summed E-state index contributed by atoms with van der Waals surface area (Å²) in [4.78, 5) is 22.1. The van der Waals surface area contributed by atoms with E-state index < -0.39 is 5.97 Å². The lowest BCUT2D eigenvalue weighted by atomic mass is 10.2. The maximum absolute atomic E-state index is 11.7. The van der Waals surface area contributed by atoms with Crippen LogP contribution >= 0.6 is 11.6 Å². The van der Waals surface area contributed by atoms with Gasteiger partial charge in [-0.2, -0.15) is 0 Å². The fourth-order valence-electron chi connectivity index (χ4n) is 1.79. The third-order valence-corrected chi connectivity index (χ3v) is 3.09. The molecule has 7 heteroatoms. The van der Waals surface area contributed by atoms with Crippen molar-refractivity contribution < 1.29 is 24.2 Å². The molecule has 1 aliphatic rings. The first kappa shape index (κ1) is 14.5. The molecule has 1 amide bonds. The van der Waals surface area contributed by atoms with Crippen LogP contribution in [0.4, 0.5) is 5.69 Å². The molecule has 0 aromatic heterocycles. The molecular weight excluding hydrogens is 286 g/mol. The minimum absolute atomic E-state index is 0.0675. The van der Waals surface area contributed by atoms with Gasteiger partial charge in [0.15, 0.2) is 11.5 Å². The van der Waals surface area contributed by atoms with E-state index in [0.29, 0.717) is 35.1 Å². The van der Waals surface area contributed by atoms with Crippen LogP contribution in [-0.4, -0.2) is 23.8 Å². The number of amides is 1. The van der Waals surface area contributed by atoms with E-state index in [1.165, 1.54) is 0 Å². The minimum Gasteiger partial charge on any atom is -0.481 e. The van der Waals surface area contributed by atoms with Crippen LogP contribution in [0.2, 0.25) is 5.02 Å². The van der Waals surface area contributed by atoms with Crippen molar-refractivity contribution in [3.05, 3.63) is 17.2 Å². The monoisotopic (exact) mass is 299 g/mol. The highest BCUT2D eigenvalue weighted by atomic mass is 35.5. The van der Waals surface area contributed by atoms with Crippen molar-refractivity contribution in [1.29, 1.82) is 0 Å². The average Bonchev–Trinajstić information content (AvgIpc) is 2.82. The number of fused-ring (bicyclic) bond motifs is 1. The number of unbranched alkanes of at least 4 members (excludes halogenated alkanes) is 1. The van der Waals surface area contributed by atoms with Gasteiger partial charge in [0.05, 0.1) is 10.7 Å². The third-order valence-electron chi connectivity index (χ3n) is 2.78. The van der Waals surface area contributed by atoms with Crippen molar-refractivity contribution in [3.63, 3.8) is 0 Å². The molecular formula is C13H14ClNO5. The number of hydrogen-bond donors (Lipinski definition) is 2. The zero-order valence-electron chi connectivity index (χ0n) is 10.6. The molecule has 0 aliphatic carbocycles. The first-order chi connectivity index (χ1) is 9.56. The smallest absolute Gasteiger partial charge is 0.303 e. The Bertz CT molecular complexity index is 532. The molecule has 0 unspecified atom stereocenters. The minimum atomic E-state index is -0.857. The molecule has 0 saturated carbocycles. The number of aliphatic carboxylic acids is 1. The summed E-state index contributed by atoms with van der Waals surface area (Å²) < 4.78 is 10.4. The molecule has 0 saturated heterocycles. The summed E-state index contributed by atoms with van der Waals surface area (Å²) in [7, 11) is 0. The lowest BCUT2D eigenvalue weighted by Crippen LogP contribution is -2.11. The van der Waals surface area contributed by atoms with Gasteiger partial charge in [0, 0.05) is 25.0 Å². The van der Waals surface area contributed by atoms with Gasteiger partial charge in [-0.15, -0.1) is 0 Å². The van der Waals surface area contributed by atoms with Crippen molar-refractivity contribution >= 4 is 29.2 Å². The number of carboxylic acid groups (broad SMARTS) is 1. The highest BCUT2D eigenvalue weighted by molar-refractivity contribution is 6.34. The topological polar surface area (TPSA) is 84.9 Å². The van der Waals surface area contributed by atoms with Crippen LogP contribution in [0.15, 0.2) is 12.1 Å². The number of nitrogens with one attached hydrogen (secondary N) is 1. The standard InChI is InChI=1S/C13H14ClNO5/c14-8-5-10-11(20-7-19-10)6-9(8)15-12(16)3-1-2-4-13(17)18/h5-6H,1-4,7H2,(H,15,16)(H,17,18). The van der Waals surface area contributed by atoms with Gasteiger partial charge >= 0.3 is 5.97 Å². The van der Waals surface area contributed by atoms with E-state index in [0.717, 1.165) is 0 Å². The highest BCUT2D eigenvalue weighted by Crippen LogP contribution is 2.39. The molecule has 1 heterocycles. The van der Waals surface area contributed by atoms with Crippen molar-refractivity contribution in [1.82, 2.24) is 0 Å². The zero-order chi connectivity index (χ0) is 14.5.